The molecule has 5 rings (SSSR count). The van der Waals surface area contributed by atoms with E-state index in [0.717, 1.165) is 71.9 Å². The number of ether oxygens (including phenoxy) is 2. The van der Waals surface area contributed by atoms with E-state index in [4.69, 9.17) is 14.5 Å². The topological polar surface area (TPSA) is 115 Å². The third-order valence-corrected chi connectivity index (χ3v) is 9.81. The number of hydrogen-bond donors (Lipinski definition) is 2. The summed E-state index contributed by atoms with van der Waals surface area (Å²) in [5.41, 5.74) is 2.82. The molecule has 2 atom stereocenters. The quantitative estimate of drug-likeness (QED) is 0.178. The lowest BCUT2D eigenvalue weighted by molar-refractivity contribution is -0.116. The molecule has 2 aromatic heterocycles. The second-order valence-electron chi connectivity index (χ2n) is 10.7. The smallest absolute Gasteiger partial charge is 0.230 e. The number of aryl methyl sites for hydroxylation is 1. The Balaban J connectivity index is 1.22. The Labute approximate surface area is 260 Å². The molecule has 4 aromatic rings. The van der Waals surface area contributed by atoms with Crippen LogP contribution in [0.4, 0.5) is 10.3 Å². The van der Waals surface area contributed by atoms with Crippen molar-refractivity contribution in [3.63, 3.8) is 0 Å². The molecule has 0 radical (unpaired) electrons. The van der Waals surface area contributed by atoms with Gasteiger partial charge in [0, 0.05) is 10.8 Å². The first-order valence-corrected chi connectivity index (χ1v) is 16.3. The first kappa shape index (κ1) is 30.6. The molecule has 0 spiro atoms. The van der Waals surface area contributed by atoms with Gasteiger partial charge in [0.15, 0.2) is 5.13 Å². The minimum Gasteiger partial charge on any atom is -0.497 e. The Morgan fingerprint density at radius 2 is 1.44 bits per heavy atom. The van der Waals surface area contributed by atoms with E-state index in [1.54, 1.807) is 25.6 Å². The van der Waals surface area contributed by atoms with E-state index in [0.29, 0.717) is 16.2 Å². The minimum atomic E-state index is -0.132. The molecule has 2 heterocycles. The van der Waals surface area contributed by atoms with Crippen LogP contribution in [0.1, 0.15) is 77.6 Å². The van der Waals surface area contributed by atoms with E-state index >= 15 is 0 Å². The Hall–Kier alpha value is -3.83. The van der Waals surface area contributed by atoms with Crippen molar-refractivity contribution in [1.29, 1.82) is 0 Å². The summed E-state index contributed by atoms with van der Waals surface area (Å²) in [6.45, 7) is 2.11. The minimum absolute atomic E-state index is 0.0928. The molecule has 11 heteroatoms. The lowest BCUT2D eigenvalue weighted by Gasteiger charge is -2.17. The number of anilines is 2. The number of benzene rings is 2. The average molecular weight is 620 g/mol. The third kappa shape index (κ3) is 8.17. The number of rotatable bonds is 11. The van der Waals surface area contributed by atoms with Gasteiger partial charge in [0.1, 0.15) is 16.5 Å². The van der Waals surface area contributed by atoms with Crippen molar-refractivity contribution in [1.82, 2.24) is 15.2 Å². The molecule has 1 saturated carbocycles. The summed E-state index contributed by atoms with van der Waals surface area (Å²) in [6, 6.07) is 15.0. The van der Waals surface area contributed by atoms with Crippen LogP contribution < -0.4 is 20.1 Å². The van der Waals surface area contributed by atoms with E-state index in [2.05, 4.69) is 27.8 Å². The first-order chi connectivity index (χ1) is 20.9. The molecule has 9 nitrogen and oxygen atoms in total. The Morgan fingerprint density at radius 3 is 2.05 bits per heavy atom. The van der Waals surface area contributed by atoms with Gasteiger partial charge < -0.3 is 20.1 Å². The summed E-state index contributed by atoms with van der Waals surface area (Å²) in [5, 5.41) is 16.9. The summed E-state index contributed by atoms with van der Waals surface area (Å²) in [5.74, 6) is 1.82. The van der Waals surface area contributed by atoms with Crippen LogP contribution in [0.5, 0.6) is 11.5 Å². The molecule has 0 aliphatic heterocycles. The molecule has 1 fully saturated rings. The highest BCUT2D eigenvalue weighted by atomic mass is 32.1. The number of nitrogens with one attached hydrogen (secondary N) is 2. The fourth-order valence-corrected chi connectivity index (χ4v) is 7.65. The molecule has 226 valence electrons. The monoisotopic (exact) mass is 619 g/mol. The number of carbonyl (C=O) groups excluding carboxylic acids is 2. The molecule has 43 heavy (non-hydrogen) atoms. The summed E-state index contributed by atoms with van der Waals surface area (Å²) in [4.78, 5) is 31.6. The maximum absolute atomic E-state index is 12.8. The SMILES string of the molecule is CCc1nc(NC(=O)Cc2cccc(OC)c2)sc1C1CCCCC(c2nnc(NC(=O)Cc3cccc(OC)c3)s2)C1. The third-order valence-electron chi connectivity index (χ3n) is 7.64. The number of thiazole rings is 1. The molecule has 2 N–H and O–H groups in total. The zero-order valence-corrected chi connectivity index (χ0v) is 26.4. The van der Waals surface area contributed by atoms with Gasteiger partial charge in [0.2, 0.25) is 16.9 Å². The van der Waals surface area contributed by atoms with Crippen LogP contribution in [0, 0.1) is 0 Å². The zero-order valence-electron chi connectivity index (χ0n) is 24.7. The van der Waals surface area contributed by atoms with Crippen LogP contribution in [0.2, 0.25) is 0 Å². The van der Waals surface area contributed by atoms with Crippen LogP contribution in [-0.4, -0.2) is 41.2 Å². The van der Waals surface area contributed by atoms with E-state index in [-0.39, 0.29) is 30.6 Å². The van der Waals surface area contributed by atoms with Crippen LogP contribution >= 0.6 is 22.7 Å². The number of nitrogens with zero attached hydrogens (tertiary/aromatic N) is 3. The van der Waals surface area contributed by atoms with Gasteiger partial charge in [-0.1, -0.05) is 55.4 Å². The molecular formula is C32H37N5O4S2. The van der Waals surface area contributed by atoms with Gasteiger partial charge in [0.25, 0.3) is 0 Å². The highest BCUT2D eigenvalue weighted by Crippen LogP contribution is 2.44. The van der Waals surface area contributed by atoms with Gasteiger partial charge >= 0.3 is 0 Å². The van der Waals surface area contributed by atoms with Crippen molar-refractivity contribution in [3.8, 4) is 11.5 Å². The first-order valence-electron chi connectivity index (χ1n) is 14.6. The van der Waals surface area contributed by atoms with Crippen LogP contribution in [0.25, 0.3) is 0 Å². The normalized spacial score (nSPS) is 16.7. The fourth-order valence-electron chi connectivity index (χ4n) is 5.52. The second-order valence-corrected chi connectivity index (χ2v) is 12.7. The van der Waals surface area contributed by atoms with E-state index in [1.807, 2.05) is 48.5 Å². The van der Waals surface area contributed by atoms with Gasteiger partial charge in [0.05, 0.1) is 32.8 Å². The Kier molecular flexibility index (Phi) is 10.4. The number of hydrogen-bond acceptors (Lipinski definition) is 9. The molecular weight excluding hydrogens is 583 g/mol. The average Bonchev–Trinajstić information content (AvgIpc) is 3.56. The molecule has 2 aromatic carbocycles. The maximum Gasteiger partial charge on any atom is 0.230 e. The van der Waals surface area contributed by atoms with Gasteiger partial charge in [-0.25, -0.2) is 4.98 Å². The van der Waals surface area contributed by atoms with E-state index in [9.17, 15) is 9.59 Å². The van der Waals surface area contributed by atoms with Crippen LogP contribution in [-0.2, 0) is 28.9 Å². The van der Waals surface area contributed by atoms with Crippen molar-refractivity contribution in [2.45, 2.75) is 70.1 Å². The van der Waals surface area contributed by atoms with Crippen molar-refractivity contribution in [2.24, 2.45) is 0 Å². The molecule has 2 unspecified atom stereocenters. The van der Waals surface area contributed by atoms with Gasteiger partial charge in [-0.2, -0.15) is 0 Å². The summed E-state index contributed by atoms with van der Waals surface area (Å²) in [7, 11) is 3.23. The van der Waals surface area contributed by atoms with Gasteiger partial charge in [-0.3, -0.25) is 9.59 Å². The van der Waals surface area contributed by atoms with E-state index < -0.39 is 0 Å². The predicted molar refractivity (Wildman–Crippen MR) is 171 cm³/mol. The Morgan fingerprint density at radius 1 is 0.837 bits per heavy atom. The number of amides is 2. The number of aromatic nitrogens is 3. The van der Waals surface area contributed by atoms with Gasteiger partial charge in [-0.15, -0.1) is 21.5 Å². The lowest BCUT2D eigenvalue weighted by Crippen LogP contribution is -2.14. The summed E-state index contributed by atoms with van der Waals surface area (Å²) < 4.78 is 10.5. The molecule has 0 saturated heterocycles. The van der Waals surface area contributed by atoms with E-state index in [1.165, 1.54) is 16.2 Å². The van der Waals surface area contributed by atoms with Gasteiger partial charge in [-0.05, 0) is 67.0 Å². The zero-order chi connectivity index (χ0) is 30.2. The predicted octanol–water partition coefficient (Wildman–Crippen LogP) is 6.77. The largest absolute Gasteiger partial charge is 0.497 e. The molecule has 1 aliphatic rings. The van der Waals surface area contributed by atoms with Crippen molar-refractivity contribution in [2.75, 3.05) is 24.9 Å². The lowest BCUT2D eigenvalue weighted by atomic mass is 9.91. The standard InChI is InChI=1S/C32H37N5O4S2/c1-4-26-29(42-31(33-26)34-27(38)17-20-9-7-13-24(15-20)40-2)22-11-5-6-12-23(19-22)30-36-37-32(43-30)35-28(39)18-21-10-8-14-25(16-21)41-3/h7-10,13-16,22-23H,4-6,11-12,17-19H2,1-3H3,(H,33,34,38)(H,35,37,39). The van der Waals surface area contributed by atoms with Crippen LogP contribution in [0.15, 0.2) is 48.5 Å². The maximum atomic E-state index is 12.8. The number of methoxy groups -OCH3 is 2. The highest BCUT2D eigenvalue weighted by molar-refractivity contribution is 7.16. The second kappa shape index (κ2) is 14.6. The Bertz CT molecular complexity index is 1550. The molecule has 0 bridgehead atoms. The highest BCUT2D eigenvalue weighted by Gasteiger charge is 2.29. The van der Waals surface area contributed by atoms with Crippen molar-refractivity contribution < 1.29 is 19.1 Å². The fraction of sp³-hybridized carbons (Fsp3) is 0.406. The molecule has 2 amide bonds. The van der Waals surface area contributed by atoms with Crippen molar-refractivity contribution >= 4 is 44.8 Å². The number of carbonyl (C=O) groups is 2. The van der Waals surface area contributed by atoms with Crippen LogP contribution in [0.3, 0.4) is 0 Å². The summed E-state index contributed by atoms with van der Waals surface area (Å²) in [6.07, 6.45) is 6.60. The molecule has 1 aliphatic carbocycles. The summed E-state index contributed by atoms with van der Waals surface area (Å²) >= 11 is 3.06. The van der Waals surface area contributed by atoms with Crippen molar-refractivity contribution in [3.05, 3.63) is 75.2 Å².